The minimum absolute atomic E-state index is 0.234. The molecule has 0 spiro atoms. The van der Waals surface area contributed by atoms with Crippen LogP contribution in [0.1, 0.15) is 23.7 Å². The monoisotopic (exact) mass is 238 g/mol. The molecule has 0 saturated heterocycles. The standard InChI is InChI=1S/C11H11ClN2O2/c1-2-8-11(16)14-9-6(10(15)13-8)4-3-5-7(9)12/h3-5,8H,2H2,1H3,(H,13,15)(H,14,16). The Hall–Kier alpha value is -1.55. The maximum Gasteiger partial charge on any atom is 0.254 e. The van der Waals surface area contributed by atoms with Crippen molar-refractivity contribution in [3.63, 3.8) is 0 Å². The topological polar surface area (TPSA) is 58.2 Å². The van der Waals surface area contributed by atoms with Crippen molar-refractivity contribution in [2.24, 2.45) is 0 Å². The second-order valence-electron chi connectivity index (χ2n) is 3.59. The fourth-order valence-electron chi connectivity index (χ4n) is 1.64. The van der Waals surface area contributed by atoms with Gasteiger partial charge < -0.3 is 10.6 Å². The van der Waals surface area contributed by atoms with E-state index < -0.39 is 6.04 Å². The Morgan fingerprint density at radius 1 is 1.38 bits per heavy atom. The Kier molecular flexibility index (Phi) is 2.83. The van der Waals surface area contributed by atoms with Gasteiger partial charge in [-0.3, -0.25) is 9.59 Å². The van der Waals surface area contributed by atoms with E-state index in [0.29, 0.717) is 22.7 Å². The van der Waals surface area contributed by atoms with Crippen molar-refractivity contribution in [3.8, 4) is 0 Å². The molecule has 5 heteroatoms. The molecule has 2 amide bonds. The first-order valence-corrected chi connectivity index (χ1v) is 5.41. The molecule has 2 N–H and O–H groups in total. The van der Waals surface area contributed by atoms with Crippen molar-refractivity contribution < 1.29 is 9.59 Å². The molecule has 0 aliphatic carbocycles. The molecule has 1 aromatic rings. The third-order valence-corrected chi connectivity index (χ3v) is 2.85. The van der Waals surface area contributed by atoms with Crippen molar-refractivity contribution in [2.75, 3.05) is 5.32 Å². The van der Waals surface area contributed by atoms with E-state index in [4.69, 9.17) is 11.6 Å². The minimum Gasteiger partial charge on any atom is -0.340 e. The quantitative estimate of drug-likeness (QED) is 0.784. The maximum absolute atomic E-state index is 11.8. The van der Waals surface area contributed by atoms with E-state index in [1.54, 1.807) is 18.2 Å². The number of fused-ring (bicyclic) bond motifs is 1. The van der Waals surface area contributed by atoms with Gasteiger partial charge in [0.2, 0.25) is 5.91 Å². The highest BCUT2D eigenvalue weighted by atomic mass is 35.5. The summed E-state index contributed by atoms with van der Waals surface area (Å²) in [6, 6.07) is 4.45. The van der Waals surface area contributed by atoms with E-state index in [-0.39, 0.29) is 11.8 Å². The first-order chi connectivity index (χ1) is 7.63. The average molecular weight is 239 g/mol. The van der Waals surface area contributed by atoms with Crippen molar-refractivity contribution in [1.82, 2.24) is 5.32 Å². The first kappa shape index (κ1) is 11.0. The zero-order chi connectivity index (χ0) is 11.7. The number of benzene rings is 1. The summed E-state index contributed by atoms with van der Waals surface area (Å²) >= 11 is 5.94. The Morgan fingerprint density at radius 3 is 2.81 bits per heavy atom. The minimum atomic E-state index is -0.504. The number of amides is 2. The Bertz CT molecular complexity index is 459. The number of carbonyl (C=O) groups is 2. The Balaban J connectivity index is 2.49. The fourth-order valence-corrected chi connectivity index (χ4v) is 1.86. The molecule has 1 atom stereocenters. The molecule has 1 aromatic carbocycles. The van der Waals surface area contributed by atoms with Crippen molar-refractivity contribution in [2.45, 2.75) is 19.4 Å². The van der Waals surface area contributed by atoms with Gasteiger partial charge in [-0.1, -0.05) is 24.6 Å². The summed E-state index contributed by atoms with van der Waals surface area (Å²) in [7, 11) is 0. The third-order valence-electron chi connectivity index (χ3n) is 2.54. The lowest BCUT2D eigenvalue weighted by Gasteiger charge is -2.11. The van der Waals surface area contributed by atoms with Gasteiger partial charge in [0, 0.05) is 0 Å². The maximum atomic E-state index is 11.8. The van der Waals surface area contributed by atoms with Crippen LogP contribution in [0.15, 0.2) is 18.2 Å². The smallest absolute Gasteiger partial charge is 0.254 e. The van der Waals surface area contributed by atoms with Crippen molar-refractivity contribution in [1.29, 1.82) is 0 Å². The number of hydrogen-bond acceptors (Lipinski definition) is 2. The van der Waals surface area contributed by atoms with E-state index in [1.165, 1.54) is 0 Å². The summed E-state index contributed by atoms with van der Waals surface area (Å²) in [6.07, 6.45) is 0.545. The number of nitrogens with one attached hydrogen (secondary N) is 2. The summed E-state index contributed by atoms with van der Waals surface area (Å²) in [6.45, 7) is 1.84. The number of hydrogen-bond donors (Lipinski definition) is 2. The molecular weight excluding hydrogens is 228 g/mol. The van der Waals surface area contributed by atoms with Crippen LogP contribution >= 0.6 is 11.6 Å². The van der Waals surface area contributed by atoms with Crippen molar-refractivity contribution in [3.05, 3.63) is 28.8 Å². The van der Waals surface area contributed by atoms with Gasteiger partial charge in [0.1, 0.15) is 6.04 Å². The van der Waals surface area contributed by atoms with Gasteiger partial charge in [0.25, 0.3) is 5.91 Å². The van der Waals surface area contributed by atoms with Gasteiger partial charge in [-0.05, 0) is 18.6 Å². The highest BCUT2D eigenvalue weighted by molar-refractivity contribution is 6.35. The van der Waals surface area contributed by atoms with Crippen LogP contribution in [0.25, 0.3) is 0 Å². The van der Waals surface area contributed by atoms with E-state index in [1.807, 2.05) is 6.92 Å². The van der Waals surface area contributed by atoms with Crippen LogP contribution in [0, 0.1) is 0 Å². The number of carbonyl (C=O) groups excluding carboxylic acids is 2. The second kappa shape index (κ2) is 4.14. The molecule has 2 rings (SSSR count). The number of anilines is 1. The third kappa shape index (κ3) is 1.76. The molecule has 1 heterocycles. The molecule has 1 aliphatic rings. The first-order valence-electron chi connectivity index (χ1n) is 5.03. The average Bonchev–Trinajstić information content (AvgIpc) is 2.39. The molecule has 1 aliphatic heterocycles. The SMILES string of the molecule is CCC1NC(=O)c2cccc(Cl)c2NC1=O. The van der Waals surface area contributed by atoms with Gasteiger partial charge >= 0.3 is 0 Å². The molecule has 84 valence electrons. The van der Waals surface area contributed by atoms with Crippen LogP contribution in [0.4, 0.5) is 5.69 Å². The normalized spacial score (nSPS) is 19.5. The number of rotatable bonds is 1. The highest BCUT2D eigenvalue weighted by Gasteiger charge is 2.27. The zero-order valence-electron chi connectivity index (χ0n) is 8.71. The summed E-state index contributed by atoms with van der Waals surface area (Å²) in [5.74, 6) is -0.509. The van der Waals surface area contributed by atoms with Gasteiger partial charge in [0.15, 0.2) is 0 Å². The van der Waals surface area contributed by atoms with Crippen LogP contribution in [0.2, 0.25) is 5.02 Å². The molecule has 0 fully saturated rings. The van der Waals surface area contributed by atoms with Crippen LogP contribution in [-0.4, -0.2) is 17.9 Å². The zero-order valence-corrected chi connectivity index (χ0v) is 9.47. The molecule has 0 aromatic heterocycles. The molecule has 0 saturated carbocycles. The van der Waals surface area contributed by atoms with Crippen LogP contribution < -0.4 is 10.6 Å². The van der Waals surface area contributed by atoms with Crippen LogP contribution in [0.3, 0.4) is 0 Å². The molecule has 0 radical (unpaired) electrons. The highest BCUT2D eigenvalue weighted by Crippen LogP contribution is 2.27. The molecule has 16 heavy (non-hydrogen) atoms. The summed E-state index contributed by atoms with van der Waals surface area (Å²) in [4.78, 5) is 23.5. The molecule has 0 bridgehead atoms. The fraction of sp³-hybridized carbons (Fsp3) is 0.273. The largest absolute Gasteiger partial charge is 0.340 e. The molecule has 4 nitrogen and oxygen atoms in total. The van der Waals surface area contributed by atoms with E-state index in [0.717, 1.165) is 0 Å². The van der Waals surface area contributed by atoms with Crippen molar-refractivity contribution >= 4 is 29.1 Å². The second-order valence-corrected chi connectivity index (χ2v) is 3.99. The number of halogens is 1. The lowest BCUT2D eigenvalue weighted by molar-refractivity contribution is -0.117. The lowest BCUT2D eigenvalue weighted by atomic mass is 10.1. The van der Waals surface area contributed by atoms with Gasteiger partial charge in [-0.2, -0.15) is 0 Å². The van der Waals surface area contributed by atoms with E-state index in [9.17, 15) is 9.59 Å². The predicted molar refractivity (Wildman–Crippen MR) is 61.6 cm³/mol. The Morgan fingerprint density at radius 2 is 2.12 bits per heavy atom. The molecular formula is C11H11ClN2O2. The summed E-state index contributed by atoms with van der Waals surface area (Å²) in [5, 5.41) is 5.69. The van der Waals surface area contributed by atoms with Crippen LogP contribution in [0.5, 0.6) is 0 Å². The van der Waals surface area contributed by atoms with Gasteiger partial charge in [-0.25, -0.2) is 0 Å². The summed E-state index contributed by atoms with van der Waals surface area (Å²) in [5.41, 5.74) is 0.791. The van der Waals surface area contributed by atoms with E-state index >= 15 is 0 Å². The van der Waals surface area contributed by atoms with Crippen LogP contribution in [-0.2, 0) is 4.79 Å². The van der Waals surface area contributed by atoms with E-state index in [2.05, 4.69) is 10.6 Å². The number of para-hydroxylation sites is 1. The summed E-state index contributed by atoms with van der Waals surface area (Å²) < 4.78 is 0. The molecule has 1 unspecified atom stereocenters. The predicted octanol–water partition coefficient (Wildman–Crippen LogP) is 1.80. The Labute approximate surface area is 98.0 Å². The lowest BCUT2D eigenvalue weighted by Crippen LogP contribution is -2.40. The van der Waals surface area contributed by atoms with Gasteiger partial charge in [-0.15, -0.1) is 0 Å². The van der Waals surface area contributed by atoms with Gasteiger partial charge in [0.05, 0.1) is 16.3 Å².